The van der Waals surface area contributed by atoms with Crippen molar-refractivity contribution in [3.8, 4) is 5.75 Å². The maximum atomic E-state index is 12.5. The van der Waals surface area contributed by atoms with Gasteiger partial charge in [0.15, 0.2) is 12.4 Å². The fourth-order valence-electron chi connectivity index (χ4n) is 3.05. The molecule has 0 N–H and O–H groups in total. The normalized spacial score (nSPS) is 13.1. The number of ether oxygens (including phenoxy) is 2. The number of hydrogen-bond acceptors (Lipinski definition) is 4. The molecule has 0 fully saturated rings. The zero-order chi connectivity index (χ0) is 19.4. The summed E-state index contributed by atoms with van der Waals surface area (Å²) in [5, 5.41) is 0. The van der Waals surface area contributed by atoms with Crippen molar-refractivity contribution < 1.29 is 19.1 Å². The van der Waals surface area contributed by atoms with Crippen LogP contribution in [0.15, 0.2) is 49.1 Å². The Hall–Kier alpha value is -2.92. The Labute approximate surface area is 159 Å². The van der Waals surface area contributed by atoms with Crippen LogP contribution >= 0.6 is 0 Å². The van der Waals surface area contributed by atoms with Gasteiger partial charge < -0.3 is 14.4 Å². The van der Waals surface area contributed by atoms with Crippen molar-refractivity contribution in [2.24, 2.45) is 0 Å². The minimum absolute atomic E-state index is 0.00680. The summed E-state index contributed by atoms with van der Waals surface area (Å²) < 4.78 is 11.1. The fourth-order valence-corrected chi connectivity index (χ4v) is 3.05. The van der Waals surface area contributed by atoms with E-state index in [2.05, 4.69) is 12.6 Å². The molecule has 0 radical (unpaired) electrons. The lowest BCUT2D eigenvalue weighted by molar-refractivity contribution is -0.121. The maximum Gasteiger partial charge on any atom is 0.265 e. The van der Waals surface area contributed by atoms with Crippen molar-refractivity contribution in [2.45, 2.75) is 20.5 Å². The Morgan fingerprint density at radius 2 is 2.07 bits per heavy atom. The number of hydrogen-bond donors (Lipinski definition) is 0. The third-order valence-electron chi connectivity index (χ3n) is 4.52. The molecule has 1 aliphatic heterocycles. The van der Waals surface area contributed by atoms with E-state index in [9.17, 15) is 9.59 Å². The second-order valence-electron chi connectivity index (χ2n) is 6.61. The number of benzene rings is 2. The summed E-state index contributed by atoms with van der Waals surface area (Å²) in [4.78, 5) is 26.1. The number of Topliss-reactive ketones (excluding diaryl/α,β-unsaturated/α-hetero) is 1. The average Bonchev–Trinajstić information content (AvgIpc) is 2.65. The molecule has 0 saturated heterocycles. The first-order chi connectivity index (χ1) is 13.0. The van der Waals surface area contributed by atoms with E-state index in [0.717, 1.165) is 11.1 Å². The van der Waals surface area contributed by atoms with Crippen molar-refractivity contribution in [3.05, 3.63) is 71.3 Å². The third kappa shape index (κ3) is 4.26. The summed E-state index contributed by atoms with van der Waals surface area (Å²) in [7, 11) is 0. The zero-order valence-electron chi connectivity index (χ0n) is 15.7. The predicted molar refractivity (Wildman–Crippen MR) is 104 cm³/mol. The standard InChI is InChI=1S/C22H23NO4/c1-4-9-23-19-11-17(7-8-21(19)27-14-22(23)25)20(24)13-26-12-18-6-5-15(2)10-16(18)3/h4-8,10-11H,1,9,12-14H2,2-3H3. The van der Waals surface area contributed by atoms with Crippen molar-refractivity contribution in [3.63, 3.8) is 0 Å². The second-order valence-corrected chi connectivity index (χ2v) is 6.61. The van der Waals surface area contributed by atoms with Gasteiger partial charge in [-0.1, -0.05) is 29.8 Å². The van der Waals surface area contributed by atoms with Gasteiger partial charge >= 0.3 is 0 Å². The second kappa shape index (κ2) is 8.18. The molecule has 1 aliphatic rings. The van der Waals surface area contributed by atoms with E-state index in [1.54, 1.807) is 29.2 Å². The highest BCUT2D eigenvalue weighted by atomic mass is 16.5. The van der Waals surface area contributed by atoms with Gasteiger partial charge in [-0.3, -0.25) is 9.59 Å². The van der Waals surface area contributed by atoms with Gasteiger partial charge in [-0.15, -0.1) is 6.58 Å². The number of aryl methyl sites for hydroxylation is 2. The van der Waals surface area contributed by atoms with Crippen LogP contribution in [0.4, 0.5) is 5.69 Å². The molecule has 0 bridgehead atoms. The molecule has 0 unspecified atom stereocenters. The highest BCUT2D eigenvalue weighted by Gasteiger charge is 2.25. The highest BCUT2D eigenvalue weighted by molar-refractivity contribution is 6.02. The van der Waals surface area contributed by atoms with E-state index in [4.69, 9.17) is 9.47 Å². The average molecular weight is 365 g/mol. The number of nitrogens with zero attached hydrogens (tertiary/aromatic N) is 1. The topological polar surface area (TPSA) is 55.8 Å². The van der Waals surface area contributed by atoms with Crippen LogP contribution in [0.1, 0.15) is 27.0 Å². The molecular formula is C22H23NO4. The summed E-state index contributed by atoms with van der Waals surface area (Å²) >= 11 is 0. The molecule has 0 spiro atoms. The molecule has 0 atom stereocenters. The Balaban J connectivity index is 1.68. The number of carbonyl (C=O) groups is 2. The maximum absolute atomic E-state index is 12.5. The molecule has 2 aromatic rings. The minimum Gasteiger partial charge on any atom is -0.482 e. The van der Waals surface area contributed by atoms with Gasteiger partial charge in [0.05, 0.1) is 12.3 Å². The SMILES string of the molecule is C=CCN1C(=O)COc2ccc(C(=O)COCc3ccc(C)cc3C)cc21. The van der Waals surface area contributed by atoms with E-state index in [0.29, 0.717) is 30.2 Å². The molecule has 3 rings (SSSR count). The molecule has 0 saturated carbocycles. The number of amides is 1. The van der Waals surface area contributed by atoms with Gasteiger partial charge in [-0.25, -0.2) is 0 Å². The lowest BCUT2D eigenvalue weighted by Crippen LogP contribution is -2.39. The fraction of sp³-hybridized carbons (Fsp3) is 0.273. The van der Waals surface area contributed by atoms with Gasteiger partial charge in [0.1, 0.15) is 12.4 Å². The Morgan fingerprint density at radius 3 is 2.81 bits per heavy atom. The molecular weight excluding hydrogens is 342 g/mol. The third-order valence-corrected chi connectivity index (χ3v) is 4.52. The first-order valence-corrected chi connectivity index (χ1v) is 8.85. The Morgan fingerprint density at radius 1 is 1.26 bits per heavy atom. The predicted octanol–water partition coefficient (Wildman–Crippen LogP) is 3.61. The first kappa shape index (κ1) is 18.9. The molecule has 5 heteroatoms. The Kier molecular flexibility index (Phi) is 5.72. The van der Waals surface area contributed by atoms with Crippen LogP contribution in [0.25, 0.3) is 0 Å². The van der Waals surface area contributed by atoms with Gasteiger partial charge in [0.2, 0.25) is 0 Å². The highest BCUT2D eigenvalue weighted by Crippen LogP contribution is 2.33. The van der Waals surface area contributed by atoms with Crippen LogP contribution in [0, 0.1) is 13.8 Å². The van der Waals surface area contributed by atoms with E-state index >= 15 is 0 Å². The summed E-state index contributed by atoms with van der Waals surface area (Å²) in [6.45, 7) is 8.47. The van der Waals surface area contributed by atoms with Crippen LogP contribution in [0.3, 0.4) is 0 Å². The molecule has 0 aliphatic carbocycles. The Bertz CT molecular complexity index is 888. The van der Waals surface area contributed by atoms with Gasteiger partial charge in [0, 0.05) is 12.1 Å². The van der Waals surface area contributed by atoms with Crippen molar-refractivity contribution in [1.29, 1.82) is 0 Å². The molecule has 27 heavy (non-hydrogen) atoms. The van der Waals surface area contributed by atoms with Crippen LogP contribution < -0.4 is 9.64 Å². The van der Waals surface area contributed by atoms with Crippen molar-refractivity contribution in [1.82, 2.24) is 0 Å². The summed E-state index contributed by atoms with van der Waals surface area (Å²) in [5.74, 6) is 0.293. The van der Waals surface area contributed by atoms with Gasteiger partial charge in [-0.05, 0) is 43.2 Å². The lowest BCUT2D eigenvalue weighted by Gasteiger charge is -2.28. The van der Waals surface area contributed by atoms with Crippen LogP contribution in [0.5, 0.6) is 5.75 Å². The largest absolute Gasteiger partial charge is 0.482 e. The molecule has 2 aromatic carbocycles. The van der Waals surface area contributed by atoms with Gasteiger partial charge in [-0.2, -0.15) is 0 Å². The summed E-state index contributed by atoms with van der Waals surface area (Å²) in [6.07, 6.45) is 1.65. The van der Waals surface area contributed by atoms with E-state index in [1.807, 2.05) is 26.0 Å². The minimum atomic E-state index is -0.155. The number of fused-ring (bicyclic) bond motifs is 1. The van der Waals surface area contributed by atoms with Crippen molar-refractivity contribution in [2.75, 3.05) is 24.7 Å². The van der Waals surface area contributed by atoms with E-state index in [-0.39, 0.29) is 24.9 Å². The molecule has 140 valence electrons. The van der Waals surface area contributed by atoms with Crippen LogP contribution in [0.2, 0.25) is 0 Å². The van der Waals surface area contributed by atoms with E-state index < -0.39 is 0 Å². The summed E-state index contributed by atoms with van der Waals surface area (Å²) in [5.41, 5.74) is 4.48. The number of ketones is 1. The zero-order valence-corrected chi connectivity index (χ0v) is 15.7. The van der Waals surface area contributed by atoms with Crippen LogP contribution in [-0.2, 0) is 16.1 Å². The number of rotatable bonds is 7. The smallest absolute Gasteiger partial charge is 0.265 e. The van der Waals surface area contributed by atoms with Gasteiger partial charge in [0.25, 0.3) is 5.91 Å². The number of carbonyl (C=O) groups excluding carboxylic acids is 2. The van der Waals surface area contributed by atoms with Crippen LogP contribution in [-0.4, -0.2) is 31.4 Å². The van der Waals surface area contributed by atoms with Crippen molar-refractivity contribution >= 4 is 17.4 Å². The lowest BCUT2D eigenvalue weighted by atomic mass is 10.1. The monoisotopic (exact) mass is 365 g/mol. The molecule has 1 amide bonds. The quantitative estimate of drug-likeness (QED) is 0.556. The first-order valence-electron chi connectivity index (χ1n) is 8.85. The molecule has 1 heterocycles. The molecule has 0 aromatic heterocycles. The van der Waals surface area contributed by atoms with E-state index in [1.165, 1.54) is 5.56 Å². The number of anilines is 1. The summed E-state index contributed by atoms with van der Waals surface area (Å²) in [6, 6.07) is 11.2. The molecule has 5 nitrogen and oxygen atoms in total.